The van der Waals surface area contributed by atoms with Crippen LogP contribution in [0.5, 0.6) is 0 Å². The van der Waals surface area contributed by atoms with Crippen LogP contribution in [0.2, 0.25) is 0 Å². The molecule has 0 aliphatic carbocycles. The summed E-state index contributed by atoms with van der Waals surface area (Å²) in [7, 11) is 0. The van der Waals surface area contributed by atoms with Gasteiger partial charge in [-0.05, 0) is 25.0 Å². The van der Waals surface area contributed by atoms with Crippen molar-refractivity contribution in [1.82, 2.24) is 0 Å². The second-order valence-electron chi connectivity index (χ2n) is 3.18. The van der Waals surface area contributed by atoms with Crippen molar-refractivity contribution in [3.63, 3.8) is 0 Å². The van der Waals surface area contributed by atoms with Crippen molar-refractivity contribution < 1.29 is 4.74 Å². The molecule has 1 saturated heterocycles. The highest BCUT2D eigenvalue weighted by atomic mass is 16.6. The van der Waals surface area contributed by atoms with Crippen molar-refractivity contribution in [2.75, 3.05) is 6.61 Å². The topological polar surface area (TPSA) is 12.5 Å². The van der Waals surface area contributed by atoms with Crippen LogP contribution in [-0.4, -0.2) is 6.61 Å². The largest absolute Gasteiger partial charge is 0.368 e. The first-order chi connectivity index (χ1) is 5.27. The molecule has 0 saturated carbocycles. The second kappa shape index (κ2) is 2.35. The van der Waals surface area contributed by atoms with Gasteiger partial charge in [0.2, 0.25) is 0 Å². The molecule has 0 amide bonds. The first-order valence-electron chi connectivity index (χ1n) is 3.96. The van der Waals surface area contributed by atoms with E-state index >= 15 is 0 Å². The molecule has 1 atom stereocenters. The minimum atomic E-state index is 0.399. The van der Waals surface area contributed by atoms with Gasteiger partial charge in [-0.15, -0.1) is 0 Å². The molecule has 1 fully saturated rings. The van der Waals surface area contributed by atoms with Crippen LogP contribution < -0.4 is 0 Å². The molecule has 1 heterocycles. The molecule has 1 aromatic carbocycles. The molecule has 1 aliphatic heterocycles. The lowest BCUT2D eigenvalue weighted by molar-refractivity contribution is 0.415. The van der Waals surface area contributed by atoms with Gasteiger partial charge in [-0.2, -0.15) is 0 Å². The lowest BCUT2D eigenvalue weighted by atomic mass is 10.0. The predicted molar refractivity (Wildman–Crippen MR) is 44.6 cm³/mol. The molecule has 1 aliphatic rings. The van der Waals surface area contributed by atoms with E-state index in [-0.39, 0.29) is 0 Å². The third kappa shape index (κ3) is 1.29. The number of hydrogen-bond donors (Lipinski definition) is 0. The lowest BCUT2D eigenvalue weighted by Crippen LogP contribution is -1.86. The fourth-order valence-corrected chi connectivity index (χ4v) is 1.41. The first kappa shape index (κ1) is 6.86. The minimum Gasteiger partial charge on any atom is -0.368 e. The summed E-state index contributed by atoms with van der Waals surface area (Å²) < 4.78 is 5.22. The van der Waals surface area contributed by atoms with E-state index in [1.165, 1.54) is 16.7 Å². The molecular formula is C10H12O. The van der Waals surface area contributed by atoms with Gasteiger partial charge in [0.15, 0.2) is 0 Å². The maximum atomic E-state index is 5.22. The molecule has 0 spiro atoms. The number of ether oxygens (including phenoxy) is 1. The fourth-order valence-electron chi connectivity index (χ4n) is 1.41. The fraction of sp³-hybridized carbons (Fsp3) is 0.400. The van der Waals surface area contributed by atoms with Crippen molar-refractivity contribution in [1.29, 1.82) is 0 Å². The Hall–Kier alpha value is -0.820. The highest BCUT2D eigenvalue weighted by Crippen LogP contribution is 2.32. The predicted octanol–water partition coefficient (Wildman–Crippen LogP) is 2.37. The van der Waals surface area contributed by atoms with Crippen molar-refractivity contribution in [3.05, 3.63) is 34.9 Å². The van der Waals surface area contributed by atoms with Gasteiger partial charge in [-0.1, -0.05) is 23.8 Å². The van der Waals surface area contributed by atoms with Gasteiger partial charge in [0.05, 0.1) is 6.61 Å². The summed E-state index contributed by atoms with van der Waals surface area (Å²) in [6.07, 6.45) is 0.399. The highest BCUT2D eigenvalue weighted by molar-refractivity contribution is 5.33. The molecular weight excluding hydrogens is 136 g/mol. The molecule has 1 unspecified atom stereocenters. The quantitative estimate of drug-likeness (QED) is 0.557. The molecule has 2 rings (SSSR count). The van der Waals surface area contributed by atoms with Crippen LogP contribution in [0.25, 0.3) is 0 Å². The Bertz CT molecular complexity index is 274. The molecule has 1 nitrogen and oxygen atoms in total. The third-order valence-electron chi connectivity index (χ3n) is 2.11. The zero-order valence-electron chi connectivity index (χ0n) is 6.92. The molecule has 58 valence electrons. The van der Waals surface area contributed by atoms with Gasteiger partial charge in [0.25, 0.3) is 0 Å². The normalized spacial score (nSPS) is 21.8. The minimum absolute atomic E-state index is 0.399. The van der Waals surface area contributed by atoms with E-state index in [9.17, 15) is 0 Å². The third-order valence-corrected chi connectivity index (χ3v) is 2.11. The van der Waals surface area contributed by atoms with E-state index in [0.29, 0.717) is 6.10 Å². The van der Waals surface area contributed by atoms with Crippen LogP contribution in [0, 0.1) is 13.8 Å². The molecule has 1 heteroatoms. The maximum Gasteiger partial charge on any atom is 0.106 e. The molecule has 11 heavy (non-hydrogen) atoms. The van der Waals surface area contributed by atoms with Crippen molar-refractivity contribution in [3.8, 4) is 0 Å². The Kier molecular flexibility index (Phi) is 1.46. The average Bonchev–Trinajstić information content (AvgIpc) is 2.70. The average molecular weight is 148 g/mol. The molecule has 0 aromatic heterocycles. The van der Waals surface area contributed by atoms with Gasteiger partial charge in [0, 0.05) is 0 Å². The van der Waals surface area contributed by atoms with Gasteiger partial charge in [-0.3, -0.25) is 0 Å². The maximum absolute atomic E-state index is 5.22. The number of rotatable bonds is 1. The van der Waals surface area contributed by atoms with E-state index in [1.807, 2.05) is 0 Å². The Labute approximate surface area is 67.0 Å². The van der Waals surface area contributed by atoms with Gasteiger partial charge < -0.3 is 4.74 Å². The van der Waals surface area contributed by atoms with Crippen LogP contribution in [-0.2, 0) is 4.74 Å². The number of aryl methyl sites for hydroxylation is 2. The van der Waals surface area contributed by atoms with Gasteiger partial charge >= 0.3 is 0 Å². The van der Waals surface area contributed by atoms with Crippen LogP contribution in [0.15, 0.2) is 18.2 Å². The Morgan fingerprint density at radius 2 is 2.09 bits per heavy atom. The Morgan fingerprint density at radius 1 is 1.36 bits per heavy atom. The van der Waals surface area contributed by atoms with Gasteiger partial charge in [0.1, 0.15) is 6.10 Å². The summed E-state index contributed by atoms with van der Waals surface area (Å²) in [6, 6.07) is 6.52. The Balaban J connectivity index is 2.39. The SMILES string of the molecule is Cc1ccc(C2CO2)c(C)c1. The summed E-state index contributed by atoms with van der Waals surface area (Å²) in [4.78, 5) is 0. The zero-order valence-corrected chi connectivity index (χ0v) is 6.92. The monoisotopic (exact) mass is 148 g/mol. The second-order valence-corrected chi connectivity index (χ2v) is 3.18. The van der Waals surface area contributed by atoms with Gasteiger partial charge in [-0.25, -0.2) is 0 Å². The van der Waals surface area contributed by atoms with Crippen LogP contribution in [0.4, 0.5) is 0 Å². The van der Waals surface area contributed by atoms with Crippen LogP contribution in [0.3, 0.4) is 0 Å². The molecule has 1 aromatic rings. The van der Waals surface area contributed by atoms with E-state index in [0.717, 1.165) is 6.61 Å². The summed E-state index contributed by atoms with van der Waals surface area (Å²) in [6.45, 7) is 5.17. The van der Waals surface area contributed by atoms with E-state index in [2.05, 4.69) is 32.0 Å². The van der Waals surface area contributed by atoms with Crippen molar-refractivity contribution >= 4 is 0 Å². The van der Waals surface area contributed by atoms with Crippen molar-refractivity contribution in [2.24, 2.45) is 0 Å². The number of benzene rings is 1. The summed E-state index contributed by atoms with van der Waals surface area (Å²) >= 11 is 0. The first-order valence-corrected chi connectivity index (χ1v) is 3.96. The number of epoxide rings is 1. The smallest absolute Gasteiger partial charge is 0.106 e. The molecule has 0 N–H and O–H groups in total. The van der Waals surface area contributed by atoms with E-state index in [4.69, 9.17) is 4.74 Å². The summed E-state index contributed by atoms with van der Waals surface area (Å²) in [5, 5.41) is 0. The van der Waals surface area contributed by atoms with Crippen LogP contribution in [0.1, 0.15) is 22.8 Å². The lowest BCUT2D eigenvalue weighted by Gasteiger charge is -2.01. The molecule has 0 radical (unpaired) electrons. The molecule has 0 bridgehead atoms. The van der Waals surface area contributed by atoms with E-state index in [1.54, 1.807) is 0 Å². The summed E-state index contributed by atoms with van der Waals surface area (Å²) in [5.74, 6) is 0. The summed E-state index contributed by atoms with van der Waals surface area (Å²) in [5.41, 5.74) is 4.04. The zero-order chi connectivity index (χ0) is 7.84. The number of hydrogen-bond acceptors (Lipinski definition) is 1. The highest BCUT2D eigenvalue weighted by Gasteiger charge is 2.25. The van der Waals surface area contributed by atoms with Crippen LogP contribution >= 0.6 is 0 Å². The standard InChI is InChI=1S/C10H12O/c1-7-3-4-9(8(2)5-7)10-6-11-10/h3-5,10H,6H2,1-2H3. The van der Waals surface area contributed by atoms with Crippen molar-refractivity contribution in [2.45, 2.75) is 20.0 Å². The van der Waals surface area contributed by atoms with E-state index < -0.39 is 0 Å². The Morgan fingerprint density at radius 3 is 2.64 bits per heavy atom.